The van der Waals surface area contributed by atoms with Gasteiger partial charge in [-0.05, 0) is 5.92 Å². The fourth-order valence-electron chi connectivity index (χ4n) is 0.641. The maximum absolute atomic E-state index is 10.1. The number of carboxylic acids is 2. The maximum Gasteiger partial charge on any atom is 1.00 e. The van der Waals surface area contributed by atoms with E-state index in [9.17, 15) is 19.8 Å². The summed E-state index contributed by atoms with van der Waals surface area (Å²) < 4.78 is 0. The number of hydrogen-bond donors (Lipinski definition) is 0. The molecule has 0 atom stereocenters. The van der Waals surface area contributed by atoms with Crippen molar-refractivity contribution in [1.82, 2.24) is 0 Å². The molecule has 0 unspecified atom stereocenters. The van der Waals surface area contributed by atoms with Crippen molar-refractivity contribution in [3.63, 3.8) is 0 Å². The SMILES string of the molecule is CC(C)C(C(=O)[O-])C(=O)[O-].[K+].[Li+]. The Morgan fingerprint density at radius 3 is 1.33 bits per heavy atom. The molecular formula is C6H8KLiO4. The first kappa shape index (κ1) is 18.9. The van der Waals surface area contributed by atoms with Gasteiger partial charge in [0, 0.05) is 5.92 Å². The first-order valence-corrected chi connectivity index (χ1v) is 2.88. The number of carbonyl (C=O) groups is 2. The van der Waals surface area contributed by atoms with Gasteiger partial charge in [0.1, 0.15) is 0 Å². The predicted molar refractivity (Wildman–Crippen MR) is 28.3 cm³/mol. The molecule has 0 aliphatic rings. The molecule has 6 heteroatoms. The number of carboxylic acid groups (broad SMARTS) is 2. The van der Waals surface area contributed by atoms with Gasteiger partial charge in [-0.1, -0.05) is 13.8 Å². The van der Waals surface area contributed by atoms with Crippen LogP contribution in [-0.2, 0) is 9.59 Å². The normalized spacial score (nSPS) is 8.67. The summed E-state index contributed by atoms with van der Waals surface area (Å²) in [5.41, 5.74) is 0. The van der Waals surface area contributed by atoms with E-state index in [0.717, 1.165) is 0 Å². The Bertz CT molecular complexity index is 146. The quantitative estimate of drug-likeness (QED) is 0.327. The zero-order valence-corrected chi connectivity index (χ0v) is 10.9. The molecule has 0 aromatic carbocycles. The van der Waals surface area contributed by atoms with Crippen molar-refractivity contribution >= 4 is 11.9 Å². The molecule has 0 radical (unpaired) electrons. The molecule has 0 aromatic rings. The van der Waals surface area contributed by atoms with Crippen LogP contribution in [0.15, 0.2) is 0 Å². The minimum atomic E-state index is -1.59. The van der Waals surface area contributed by atoms with Crippen molar-refractivity contribution in [2.24, 2.45) is 11.8 Å². The van der Waals surface area contributed by atoms with Crippen molar-refractivity contribution in [2.45, 2.75) is 13.8 Å². The first-order chi connectivity index (χ1) is 4.46. The zero-order chi connectivity index (χ0) is 8.31. The molecule has 0 aromatic heterocycles. The van der Waals surface area contributed by atoms with E-state index < -0.39 is 23.8 Å². The molecule has 0 saturated heterocycles. The van der Waals surface area contributed by atoms with Crippen molar-refractivity contribution in [3.05, 3.63) is 0 Å². The van der Waals surface area contributed by atoms with Crippen molar-refractivity contribution in [1.29, 1.82) is 0 Å². The average molecular weight is 190 g/mol. The van der Waals surface area contributed by atoms with E-state index in [1.165, 1.54) is 13.8 Å². The Balaban J connectivity index is -0.000000405. The molecule has 0 rings (SSSR count). The van der Waals surface area contributed by atoms with E-state index >= 15 is 0 Å². The third-order valence-electron chi connectivity index (χ3n) is 1.17. The molecule has 0 aliphatic heterocycles. The molecule has 12 heavy (non-hydrogen) atoms. The molecular weight excluding hydrogens is 182 g/mol. The van der Waals surface area contributed by atoms with Crippen LogP contribution in [0.2, 0.25) is 0 Å². The predicted octanol–water partition coefficient (Wildman–Crippen LogP) is -8.23. The third-order valence-corrected chi connectivity index (χ3v) is 1.17. The summed E-state index contributed by atoms with van der Waals surface area (Å²) in [7, 11) is 0. The first-order valence-electron chi connectivity index (χ1n) is 2.88. The molecule has 0 bridgehead atoms. The standard InChI is InChI=1S/C6H10O4.K.Li/c1-3(2)4(5(7)8)6(9)10;;/h3-4H,1-2H3,(H,7,8)(H,9,10);;/q;2*+1/p-2. The Kier molecular flexibility index (Phi) is 13.8. The van der Waals surface area contributed by atoms with E-state index in [1.54, 1.807) is 0 Å². The molecule has 0 spiro atoms. The van der Waals surface area contributed by atoms with Gasteiger partial charge in [-0.25, -0.2) is 0 Å². The fraction of sp³-hybridized carbons (Fsp3) is 0.667. The van der Waals surface area contributed by atoms with Gasteiger partial charge in [-0.3, -0.25) is 0 Å². The number of carbonyl (C=O) groups excluding carboxylic acids is 2. The molecule has 0 fully saturated rings. The average Bonchev–Trinajstić information content (AvgIpc) is 1.59. The second-order valence-electron chi connectivity index (χ2n) is 2.36. The molecule has 58 valence electrons. The summed E-state index contributed by atoms with van der Waals surface area (Å²) in [6.07, 6.45) is 0. The van der Waals surface area contributed by atoms with Crippen molar-refractivity contribution in [3.8, 4) is 0 Å². The molecule has 0 amide bonds. The largest absolute Gasteiger partial charge is 1.00 e. The van der Waals surface area contributed by atoms with Crippen molar-refractivity contribution in [2.75, 3.05) is 0 Å². The monoisotopic (exact) mass is 190 g/mol. The minimum absolute atomic E-state index is 0. The summed E-state index contributed by atoms with van der Waals surface area (Å²) in [6, 6.07) is 0. The van der Waals surface area contributed by atoms with Crippen LogP contribution < -0.4 is 80.5 Å². The van der Waals surface area contributed by atoms with E-state index in [0.29, 0.717) is 0 Å². The van der Waals surface area contributed by atoms with Crippen LogP contribution in [0.4, 0.5) is 0 Å². The van der Waals surface area contributed by atoms with E-state index in [1.807, 2.05) is 0 Å². The van der Waals surface area contributed by atoms with Crippen LogP contribution in [-0.4, -0.2) is 11.9 Å². The van der Waals surface area contributed by atoms with Gasteiger partial charge in [0.25, 0.3) is 0 Å². The van der Waals surface area contributed by atoms with Crippen LogP contribution in [0.5, 0.6) is 0 Å². The molecule has 0 saturated carbocycles. The Morgan fingerprint density at radius 2 is 1.33 bits per heavy atom. The van der Waals surface area contributed by atoms with Crippen molar-refractivity contribution < 1.29 is 90.0 Å². The second kappa shape index (κ2) is 8.76. The summed E-state index contributed by atoms with van der Waals surface area (Å²) in [5.74, 6) is -5.17. The summed E-state index contributed by atoms with van der Waals surface area (Å²) in [4.78, 5) is 20.1. The number of rotatable bonds is 3. The van der Waals surface area contributed by atoms with Crippen LogP contribution in [0.25, 0.3) is 0 Å². The van der Waals surface area contributed by atoms with Gasteiger partial charge < -0.3 is 19.8 Å². The number of hydrogen-bond acceptors (Lipinski definition) is 4. The van der Waals surface area contributed by atoms with Gasteiger partial charge in [0.15, 0.2) is 0 Å². The summed E-state index contributed by atoms with van der Waals surface area (Å²) in [6.45, 7) is 2.96. The minimum Gasteiger partial charge on any atom is -0.549 e. The fourth-order valence-corrected chi connectivity index (χ4v) is 0.641. The second-order valence-corrected chi connectivity index (χ2v) is 2.36. The smallest absolute Gasteiger partial charge is 0.549 e. The van der Waals surface area contributed by atoms with Gasteiger partial charge in [0.2, 0.25) is 0 Å². The molecule has 0 aliphatic carbocycles. The third kappa shape index (κ3) is 6.66. The van der Waals surface area contributed by atoms with Gasteiger partial charge in [-0.2, -0.15) is 0 Å². The van der Waals surface area contributed by atoms with Crippen LogP contribution >= 0.6 is 0 Å². The molecule has 0 heterocycles. The summed E-state index contributed by atoms with van der Waals surface area (Å²) >= 11 is 0. The van der Waals surface area contributed by atoms with Gasteiger partial charge in [-0.15, -0.1) is 0 Å². The van der Waals surface area contributed by atoms with E-state index in [4.69, 9.17) is 0 Å². The molecule has 4 nitrogen and oxygen atoms in total. The molecule has 0 N–H and O–H groups in total. The summed E-state index contributed by atoms with van der Waals surface area (Å²) in [5, 5.41) is 20.1. The van der Waals surface area contributed by atoms with Crippen LogP contribution in [0.1, 0.15) is 13.8 Å². The van der Waals surface area contributed by atoms with Gasteiger partial charge >= 0.3 is 70.2 Å². The van der Waals surface area contributed by atoms with E-state index in [2.05, 4.69) is 0 Å². The Morgan fingerprint density at radius 1 is 1.08 bits per heavy atom. The van der Waals surface area contributed by atoms with Gasteiger partial charge in [0.05, 0.1) is 11.9 Å². The zero-order valence-electron chi connectivity index (χ0n) is 7.79. The Labute approximate surface area is 126 Å². The van der Waals surface area contributed by atoms with Crippen LogP contribution in [0, 0.1) is 11.8 Å². The van der Waals surface area contributed by atoms with Crippen LogP contribution in [0.3, 0.4) is 0 Å². The van der Waals surface area contributed by atoms with E-state index in [-0.39, 0.29) is 70.2 Å². The maximum atomic E-state index is 10.1. The number of aliphatic carboxylic acids is 2. The Hall–Kier alpha value is 1.17. The topological polar surface area (TPSA) is 80.3 Å².